The van der Waals surface area contributed by atoms with Gasteiger partial charge in [-0.3, -0.25) is 0 Å². The number of rotatable bonds is 1. The summed E-state index contributed by atoms with van der Waals surface area (Å²) in [5.41, 5.74) is 1.14. The molecule has 1 aliphatic rings. The zero-order valence-corrected chi connectivity index (χ0v) is 6.84. The maximum atomic E-state index is 8.66. The number of nitrogens with zero attached hydrogens (tertiary/aromatic N) is 1. The first-order chi connectivity index (χ1) is 5.27. The standard InChI is InChI=1S/C9H13NO/c1-7-3-4-8(6-10)5-9(7)11-2/h8-9H,1,3-5H2,2H3. The van der Waals surface area contributed by atoms with Crippen molar-refractivity contribution in [3.63, 3.8) is 0 Å². The van der Waals surface area contributed by atoms with E-state index >= 15 is 0 Å². The molecule has 0 bridgehead atoms. The quantitative estimate of drug-likeness (QED) is 0.536. The van der Waals surface area contributed by atoms with Crippen LogP contribution in [0.5, 0.6) is 0 Å². The zero-order chi connectivity index (χ0) is 8.27. The van der Waals surface area contributed by atoms with Gasteiger partial charge < -0.3 is 4.74 Å². The van der Waals surface area contributed by atoms with Crippen LogP contribution in [0.4, 0.5) is 0 Å². The molecule has 2 nitrogen and oxygen atoms in total. The average Bonchev–Trinajstić information content (AvgIpc) is 2.05. The van der Waals surface area contributed by atoms with Crippen molar-refractivity contribution in [1.29, 1.82) is 5.26 Å². The van der Waals surface area contributed by atoms with Gasteiger partial charge in [-0.05, 0) is 24.8 Å². The van der Waals surface area contributed by atoms with Gasteiger partial charge in [-0.2, -0.15) is 5.26 Å². The highest BCUT2D eigenvalue weighted by Crippen LogP contribution is 2.28. The molecular formula is C9H13NO. The summed E-state index contributed by atoms with van der Waals surface area (Å²) in [7, 11) is 1.68. The molecule has 2 heteroatoms. The Morgan fingerprint density at radius 3 is 3.00 bits per heavy atom. The van der Waals surface area contributed by atoms with Crippen LogP contribution in [0.15, 0.2) is 12.2 Å². The van der Waals surface area contributed by atoms with E-state index in [-0.39, 0.29) is 12.0 Å². The van der Waals surface area contributed by atoms with Gasteiger partial charge in [0.1, 0.15) is 0 Å². The lowest BCUT2D eigenvalue weighted by molar-refractivity contribution is 0.0992. The molecule has 0 aromatic rings. The molecule has 0 saturated heterocycles. The molecular weight excluding hydrogens is 138 g/mol. The summed E-state index contributed by atoms with van der Waals surface area (Å²) in [5, 5.41) is 8.66. The minimum absolute atomic E-state index is 0.119. The summed E-state index contributed by atoms with van der Waals surface area (Å²) in [6.45, 7) is 3.90. The van der Waals surface area contributed by atoms with Crippen LogP contribution in [0.2, 0.25) is 0 Å². The molecule has 0 aromatic carbocycles. The van der Waals surface area contributed by atoms with Gasteiger partial charge in [0.15, 0.2) is 0 Å². The average molecular weight is 151 g/mol. The minimum Gasteiger partial charge on any atom is -0.377 e. The van der Waals surface area contributed by atoms with Crippen molar-refractivity contribution in [3.8, 4) is 6.07 Å². The van der Waals surface area contributed by atoms with Crippen molar-refractivity contribution >= 4 is 0 Å². The topological polar surface area (TPSA) is 33.0 Å². The summed E-state index contributed by atoms with van der Waals surface area (Å²) in [4.78, 5) is 0. The summed E-state index contributed by atoms with van der Waals surface area (Å²) < 4.78 is 5.18. The third-order valence-corrected chi connectivity index (χ3v) is 2.23. The Balaban J connectivity index is 2.52. The third-order valence-electron chi connectivity index (χ3n) is 2.23. The van der Waals surface area contributed by atoms with E-state index < -0.39 is 0 Å². The molecule has 1 aliphatic carbocycles. The van der Waals surface area contributed by atoms with E-state index in [4.69, 9.17) is 10.00 Å². The number of methoxy groups -OCH3 is 1. The molecule has 0 radical (unpaired) electrons. The van der Waals surface area contributed by atoms with Crippen LogP contribution in [0.1, 0.15) is 19.3 Å². The molecule has 2 atom stereocenters. The maximum absolute atomic E-state index is 8.66. The van der Waals surface area contributed by atoms with Crippen LogP contribution < -0.4 is 0 Å². The third kappa shape index (κ3) is 1.81. The molecule has 0 spiro atoms. The van der Waals surface area contributed by atoms with E-state index in [1.54, 1.807) is 7.11 Å². The molecule has 0 heterocycles. The summed E-state index contributed by atoms with van der Waals surface area (Å²) in [5.74, 6) is 0.172. The predicted octanol–water partition coefficient (Wildman–Crippen LogP) is 1.88. The SMILES string of the molecule is C=C1CCC(C#N)CC1OC. The molecule has 0 aliphatic heterocycles. The second-order valence-electron chi connectivity index (χ2n) is 2.98. The van der Waals surface area contributed by atoms with Gasteiger partial charge >= 0.3 is 0 Å². The number of hydrogen-bond donors (Lipinski definition) is 0. The molecule has 1 saturated carbocycles. The van der Waals surface area contributed by atoms with Crippen molar-refractivity contribution in [2.24, 2.45) is 5.92 Å². The molecule has 0 amide bonds. The zero-order valence-electron chi connectivity index (χ0n) is 6.84. The molecule has 11 heavy (non-hydrogen) atoms. The van der Waals surface area contributed by atoms with Crippen LogP contribution in [0.3, 0.4) is 0 Å². The van der Waals surface area contributed by atoms with Gasteiger partial charge in [0, 0.05) is 13.0 Å². The number of hydrogen-bond acceptors (Lipinski definition) is 2. The largest absolute Gasteiger partial charge is 0.377 e. The summed E-state index contributed by atoms with van der Waals surface area (Å²) >= 11 is 0. The Labute approximate surface area is 67.5 Å². The second-order valence-corrected chi connectivity index (χ2v) is 2.98. The van der Waals surface area contributed by atoms with E-state index in [0.29, 0.717) is 0 Å². The first-order valence-electron chi connectivity index (χ1n) is 3.88. The predicted molar refractivity (Wildman–Crippen MR) is 42.9 cm³/mol. The Kier molecular flexibility index (Phi) is 2.67. The van der Waals surface area contributed by atoms with E-state index in [1.165, 1.54) is 0 Å². The van der Waals surface area contributed by atoms with Gasteiger partial charge in [0.2, 0.25) is 0 Å². The number of nitriles is 1. The highest BCUT2D eigenvalue weighted by Gasteiger charge is 2.23. The molecule has 0 N–H and O–H groups in total. The smallest absolute Gasteiger partial charge is 0.0791 e. The van der Waals surface area contributed by atoms with Crippen LogP contribution >= 0.6 is 0 Å². The molecule has 0 aromatic heterocycles. The van der Waals surface area contributed by atoms with Gasteiger partial charge in [0.05, 0.1) is 12.2 Å². The Bertz CT molecular complexity index is 192. The van der Waals surface area contributed by atoms with Gasteiger partial charge in [-0.1, -0.05) is 6.58 Å². The fourth-order valence-corrected chi connectivity index (χ4v) is 1.44. The van der Waals surface area contributed by atoms with Crippen molar-refractivity contribution < 1.29 is 4.74 Å². The van der Waals surface area contributed by atoms with E-state index in [9.17, 15) is 0 Å². The summed E-state index contributed by atoms with van der Waals surface area (Å²) in [6.07, 6.45) is 2.84. The van der Waals surface area contributed by atoms with Crippen molar-refractivity contribution in [2.45, 2.75) is 25.4 Å². The van der Waals surface area contributed by atoms with E-state index in [0.717, 1.165) is 24.8 Å². The van der Waals surface area contributed by atoms with Gasteiger partial charge in [0.25, 0.3) is 0 Å². The highest BCUT2D eigenvalue weighted by molar-refractivity contribution is 5.09. The minimum atomic E-state index is 0.119. The van der Waals surface area contributed by atoms with Crippen molar-refractivity contribution in [1.82, 2.24) is 0 Å². The van der Waals surface area contributed by atoms with E-state index in [1.807, 2.05) is 0 Å². The van der Waals surface area contributed by atoms with Crippen LogP contribution in [-0.4, -0.2) is 13.2 Å². The van der Waals surface area contributed by atoms with Crippen LogP contribution in [-0.2, 0) is 4.74 Å². The Morgan fingerprint density at radius 2 is 2.45 bits per heavy atom. The van der Waals surface area contributed by atoms with Crippen molar-refractivity contribution in [2.75, 3.05) is 7.11 Å². The van der Waals surface area contributed by atoms with Crippen LogP contribution in [0.25, 0.3) is 0 Å². The lowest BCUT2D eigenvalue weighted by Gasteiger charge is -2.26. The molecule has 2 unspecified atom stereocenters. The Hall–Kier alpha value is -0.810. The monoisotopic (exact) mass is 151 g/mol. The second kappa shape index (κ2) is 3.54. The number of ether oxygens (including phenoxy) is 1. The first kappa shape index (κ1) is 8.29. The van der Waals surface area contributed by atoms with Crippen molar-refractivity contribution in [3.05, 3.63) is 12.2 Å². The first-order valence-corrected chi connectivity index (χ1v) is 3.88. The summed E-state index contributed by atoms with van der Waals surface area (Å²) in [6, 6.07) is 2.27. The highest BCUT2D eigenvalue weighted by atomic mass is 16.5. The fraction of sp³-hybridized carbons (Fsp3) is 0.667. The van der Waals surface area contributed by atoms with Gasteiger partial charge in [-0.15, -0.1) is 0 Å². The maximum Gasteiger partial charge on any atom is 0.0791 e. The van der Waals surface area contributed by atoms with E-state index in [2.05, 4.69) is 12.6 Å². The molecule has 1 fully saturated rings. The van der Waals surface area contributed by atoms with Crippen LogP contribution in [0, 0.1) is 17.2 Å². The lowest BCUT2D eigenvalue weighted by atomic mass is 9.85. The lowest BCUT2D eigenvalue weighted by Crippen LogP contribution is -2.22. The Morgan fingerprint density at radius 1 is 1.73 bits per heavy atom. The fourth-order valence-electron chi connectivity index (χ4n) is 1.44. The molecule has 1 rings (SSSR count). The molecule has 60 valence electrons. The van der Waals surface area contributed by atoms with Gasteiger partial charge in [-0.25, -0.2) is 0 Å². The normalized spacial score (nSPS) is 31.5.